The molecular weight excluding hydrogens is 381 g/mol. The van der Waals surface area contributed by atoms with Gasteiger partial charge in [-0.2, -0.15) is 5.10 Å². The average molecular weight is 394 g/mol. The third kappa shape index (κ3) is 4.88. The van der Waals surface area contributed by atoms with E-state index >= 15 is 0 Å². The van der Waals surface area contributed by atoms with Crippen LogP contribution in [0.5, 0.6) is 5.75 Å². The Morgan fingerprint density at radius 2 is 2.00 bits per heavy atom. The Hall–Kier alpha value is -2.74. The van der Waals surface area contributed by atoms with Crippen LogP contribution in [-0.2, 0) is 4.79 Å². The van der Waals surface area contributed by atoms with Gasteiger partial charge in [0.05, 0.1) is 18.3 Å². The first-order valence-corrected chi connectivity index (χ1v) is 7.60. The van der Waals surface area contributed by atoms with Crippen molar-refractivity contribution in [3.63, 3.8) is 0 Å². The van der Waals surface area contributed by atoms with Crippen LogP contribution in [0.4, 0.5) is 4.39 Å². The minimum Gasteiger partial charge on any atom is -0.507 e. The van der Waals surface area contributed by atoms with Crippen molar-refractivity contribution in [1.29, 1.82) is 0 Å². The second kappa shape index (κ2) is 8.21. The summed E-state index contributed by atoms with van der Waals surface area (Å²) in [5.41, 5.74) is 2.45. The van der Waals surface area contributed by atoms with Crippen LogP contribution in [0.25, 0.3) is 0 Å². The third-order valence-corrected chi connectivity index (χ3v) is 3.40. The number of aromatic hydroxyl groups is 1. The Bertz CT molecular complexity index is 796. The lowest BCUT2D eigenvalue weighted by atomic mass is 10.2. The molecule has 0 fully saturated rings. The zero-order valence-corrected chi connectivity index (χ0v) is 13.9. The number of halogens is 2. The number of benzene rings is 2. The van der Waals surface area contributed by atoms with E-state index in [1.54, 1.807) is 12.1 Å². The minimum atomic E-state index is -0.697. The van der Waals surface area contributed by atoms with Crippen molar-refractivity contribution in [1.82, 2.24) is 10.7 Å². The summed E-state index contributed by atoms with van der Waals surface area (Å²) in [6.07, 6.45) is 1.26. The molecule has 0 bridgehead atoms. The van der Waals surface area contributed by atoms with Crippen molar-refractivity contribution < 1.29 is 19.1 Å². The van der Waals surface area contributed by atoms with E-state index in [0.717, 1.165) is 10.5 Å². The number of carbonyl (C=O) groups excluding carboxylic acids is 2. The van der Waals surface area contributed by atoms with Gasteiger partial charge in [0, 0.05) is 10.0 Å². The number of nitrogens with one attached hydrogen (secondary N) is 2. The molecular formula is C16H13BrFN3O3. The van der Waals surface area contributed by atoms with Gasteiger partial charge in [-0.05, 0) is 30.3 Å². The van der Waals surface area contributed by atoms with Gasteiger partial charge in [-0.25, -0.2) is 9.82 Å². The van der Waals surface area contributed by atoms with Gasteiger partial charge in [0.15, 0.2) is 0 Å². The smallest absolute Gasteiger partial charge is 0.259 e. The normalized spacial score (nSPS) is 10.6. The number of hydrazone groups is 1. The molecule has 0 aliphatic rings. The molecule has 2 amide bonds. The topological polar surface area (TPSA) is 90.8 Å². The first-order valence-electron chi connectivity index (χ1n) is 6.80. The second-order valence-corrected chi connectivity index (χ2v) is 5.57. The van der Waals surface area contributed by atoms with Crippen LogP contribution < -0.4 is 10.7 Å². The first kappa shape index (κ1) is 17.6. The highest BCUT2D eigenvalue weighted by Gasteiger charge is 2.11. The number of hydrogen-bond donors (Lipinski definition) is 3. The predicted octanol–water partition coefficient (Wildman–Crippen LogP) is 2.17. The Kier molecular flexibility index (Phi) is 6.02. The molecule has 0 unspecified atom stereocenters. The number of phenols is 1. The van der Waals surface area contributed by atoms with Gasteiger partial charge >= 0.3 is 0 Å². The number of carbonyl (C=O) groups is 2. The highest BCUT2D eigenvalue weighted by Crippen LogP contribution is 2.19. The fourth-order valence-corrected chi connectivity index (χ4v) is 2.12. The fourth-order valence-electron chi connectivity index (χ4n) is 1.74. The summed E-state index contributed by atoms with van der Waals surface area (Å²) in [6.45, 7) is -0.366. The maximum Gasteiger partial charge on any atom is 0.259 e. The SMILES string of the molecule is O=C(CNC(=O)c1ccccc1F)N/N=C\c1cc(Br)ccc1O. The van der Waals surface area contributed by atoms with E-state index in [1.807, 2.05) is 0 Å². The molecule has 0 spiro atoms. The fraction of sp³-hybridized carbons (Fsp3) is 0.0625. The average Bonchev–Trinajstić information content (AvgIpc) is 2.56. The summed E-state index contributed by atoms with van der Waals surface area (Å²) in [5, 5.41) is 15.6. The number of nitrogens with zero attached hydrogens (tertiary/aromatic N) is 1. The van der Waals surface area contributed by atoms with E-state index in [-0.39, 0.29) is 17.9 Å². The van der Waals surface area contributed by atoms with Crippen LogP contribution in [0.2, 0.25) is 0 Å². The van der Waals surface area contributed by atoms with Gasteiger partial charge in [0.25, 0.3) is 11.8 Å². The Morgan fingerprint density at radius 1 is 1.25 bits per heavy atom. The molecule has 0 saturated heterocycles. The van der Waals surface area contributed by atoms with Crippen molar-refractivity contribution >= 4 is 34.0 Å². The number of amides is 2. The van der Waals surface area contributed by atoms with E-state index in [9.17, 15) is 19.1 Å². The summed E-state index contributed by atoms with van der Waals surface area (Å²) in [7, 11) is 0. The van der Waals surface area contributed by atoms with Gasteiger partial charge in [-0.15, -0.1) is 0 Å². The second-order valence-electron chi connectivity index (χ2n) is 4.66. The lowest BCUT2D eigenvalue weighted by Gasteiger charge is -2.05. The molecule has 0 aliphatic carbocycles. The Balaban J connectivity index is 1.85. The maximum absolute atomic E-state index is 13.4. The summed E-state index contributed by atoms with van der Waals surface area (Å²) in [4.78, 5) is 23.3. The highest BCUT2D eigenvalue weighted by molar-refractivity contribution is 9.10. The van der Waals surface area contributed by atoms with Crippen LogP contribution in [0.15, 0.2) is 52.0 Å². The molecule has 0 aromatic heterocycles. The van der Waals surface area contributed by atoms with Crippen LogP contribution in [-0.4, -0.2) is 29.7 Å². The standard InChI is InChI=1S/C16H13BrFN3O3/c17-11-5-6-14(22)10(7-11)8-20-21-15(23)9-19-16(24)12-3-1-2-4-13(12)18/h1-8,22H,9H2,(H,19,24)(H,21,23)/b20-8-. The van der Waals surface area contributed by atoms with E-state index in [4.69, 9.17) is 0 Å². The largest absolute Gasteiger partial charge is 0.507 e. The molecule has 0 atom stereocenters. The van der Waals surface area contributed by atoms with Crippen LogP contribution in [0, 0.1) is 5.82 Å². The molecule has 124 valence electrons. The van der Waals surface area contributed by atoms with Crippen molar-refractivity contribution in [3.8, 4) is 5.75 Å². The van der Waals surface area contributed by atoms with Gasteiger partial charge in [0.2, 0.25) is 0 Å². The zero-order chi connectivity index (χ0) is 17.5. The first-order chi connectivity index (χ1) is 11.5. The van der Waals surface area contributed by atoms with E-state index in [0.29, 0.717) is 5.56 Å². The van der Waals surface area contributed by atoms with Crippen molar-refractivity contribution in [3.05, 3.63) is 63.9 Å². The molecule has 3 N–H and O–H groups in total. The Labute approximate surface area is 145 Å². The quantitative estimate of drug-likeness (QED) is 0.536. The zero-order valence-electron chi connectivity index (χ0n) is 12.3. The Morgan fingerprint density at radius 3 is 2.75 bits per heavy atom. The van der Waals surface area contributed by atoms with Crippen LogP contribution >= 0.6 is 15.9 Å². The molecule has 24 heavy (non-hydrogen) atoms. The lowest BCUT2D eigenvalue weighted by Crippen LogP contribution is -2.35. The molecule has 6 nitrogen and oxygen atoms in total. The molecule has 2 aromatic carbocycles. The molecule has 0 aliphatic heterocycles. The van der Waals surface area contributed by atoms with E-state index in [1.165, 1.54) is 30.5 Å². The molecule has 8 heteroatoms. The van der Waals surface area contributed by atoms with E-state index < -0.39 is 17.6 Å². The molecule has 2 rings (SSSR count). The van der Waals surface area contributed by atoms with Gasteiger partial charge in [-0.3, -0.25) is 9.59 Å². The van der Waals surface area contributed by atoms with E-state index in [2.05, 4.69) is 31.8 Å². The molecule has 0 heterocycles. The highest BCUT2D eigenvalue weighted by atomic mass is 79.9. The predicted molar refractivity (Wildman–Crippen MR) is 90.3 cm³/mol. The van der Waals surface area contributed by atoms with Gasteiger partial charge in [0.1, 0.15) is 11.6 Å². The minimum absolute atomic E-state index is 0.00375. The molecule has 2 aromatic rings. The molecule has 0 radical (unpaired) electrons. The summed E-state index contributed by atoms with van der Waals surface area (Å²) < 4.78 is 14.2. The lowest BCUT2D eigenvalue weighted by molar-refractivity contribution is -0.120. The number of rotatable bonds is 5. The summed E-state index contributed by atoms with van der Waals surface area (Å²) >= 11 is 3.25. The summed E-state index contributed by atoms with van der Waals surface area (Å²) in [6, 6.07) is 10.2. The molecule has 0 saturated carbocycles. The number of hydrogen-bond acceptors (Lipinski definition) is 4. The van der Waals surface area contributed by atoms with Crippen molar-refractivity contribution in [2.45, 2.75) is 0 Å². The maximum atomic E-state index is 13.4. The monoisotopic (exact) mass is 393 g/mol. The summed E-state index contributed by atoms with van der Waals surface area (Å²) in [5.74, 6) is -1.95. The van der Waals surface area contributed by atoms with Crippen molar-refractivity contribution in [2.24, 2.45) is 5.10 Å². The third-order valence-electron chi connectivity index (χ3n) is 2.91. The van der Waals surface area contributed by atoms with Gasteiger partial charge in [-0.1, -0.05) is 28.1 Å². The van der Waals surface area contributed by atoms with Crippen molar-refractivity contribution in [2.75, 3.05) is 6.54 Å². The van der Waals surface area contributed by atoms with Crippen LogP contribution in [0.1, 0.15) is 15.9 Å². The van der Waals surface area contributed by atoms with Gasteiger partial charge < -0.3 is 10.4 Å². The number of phenolic OH excluding ortho intramolecular Hbond substituents is 1. The van der Waals surface area contributed by atoms with Crippen LogP contribution in [0.3, 0.4) is 0 Å².